The molecule has 0 bridgehead atoms. The van der Waals surface area contributed by atoms with Gasteiger partial charge in [0, 0.05) is 35.7 Å². The Bertz CT molecular complexity index is 547. The van der Waals surface area contributed by atoms with Crippen molar-refractivity contribution in [3.05, 3.63) is 23.7 Å². The smallest absolute Gasteiger partial charge is 0.407 e. The Morgan fingerprint density at radius 1 is 1.52 bits per heavy atom. The molecule has 0 saturated carbocycles. The summed E-state index contributed by atoms with van der Waals surface area (Å²) in [5.41, 5.74) is -0.472. The summed E-state index contributed by atoms with van der Waals surface area (Å²) in [5, 5.41) is 2.68. The molecule has 0 aliphatic carbocycles. The van der Waals surface area contributed by atoms with Crippen LogP contribution in [0.2, 0.25) is 0 Å². The van der Waals surface area contributed by atoms with Crippen LogP contribution in [0.1, 0.15) is 38.7 Å². The topological polar surface area (TPSA) is 63.8 Å². The fourth-order valence-corrected chi connectivity index (χ4v) is 1.63. The Morgan fingerprint density at radius 3 is 2.95 bits per heavy atom. The average Bonchev–Trinajstić information content (AvgIpc) is 2.79. The maximum absolute atomic E-state index is 11.4. The summed E-state index contributed by atoms with van der Waals surface area (Å²) >= 11 is 1.96. The molecule has 1 aromatic rings. The number of ether oxygens (including phenoxy) is 1. The van der Waals surface area contributed by atoms with E-state index in [1.165, 1.54) is 0 Å². The first kappa shape index (κ1) is 17.6. The van der Waals surface area contributed by atoms with Crippen molar-refractivity contribution in [2.75, 3.05) is 13.1 Å². The Hall–Kier alpha value is -1.49. The van der Waals surface area contributed by atoms with Crippen LogP contribution in [-0.2, 0) is 4.74 Å². The van der Waals surface area contributed by atoms with Gasteiger partial charge in [-0.1, -0.05) is 0 Å². The lowest BCUT2D eigenvalue weighted by atomic mass is 10.2. The molecule has 1 aromatic heterocycles. The standard InChI is InChI=1S/C15H19IN2O3/c1-15(2,3)21-14(19)18-10-4-9-17-11-13-6-5-12(20-13)7-8-16/h5-6,11H,4,9-10H2,1-3H3,(H,18,19). The summed E-state index contributed by atoms with van der Waals surface area (Å²) < 4.78 is 13.3. The maximum Gasteiger partial charge on any atom is 0.407 e. The van der Waals surface area contributed by atoms with Crippen LogP contribution in [0.15, 0.2) is 21.5 Å². The molecule has 0 spiro atoms. The van der Waals surface area contributed by atoms with Gasteiger partial charge in [0.25, 0.3) is 0 Å². The molecule has 1 N–H and O–H groups in total. The molecule has 5 nitrogen and oxygen atoms in total. The number of alkyl carbamates (subject to hydrolysis) is 1. The van der Waals surface area contributed by atoms with Crippen molar-refractivity contribution in [3.63, 3.8) is 0 Å². The van der Waals surface area contributed by atoms with Crippen molar-refractivity contribution in [2.24, 2.45) is 4.99 Å². The maximum atomic E-state index is 11.4. The van der Waals surface area contributed by atoms with Gasteiger partial charge >= 0.3 is 6.09 Å². The number of rotatable bonds is 5. The van der Waals surface area contributed by atoms with E-state index in [2.05, 4.69) is 20.2 Å². The van der Waals surface area contributed by atoms with E-state index in [9.17, 15) is 4.79 Å². The van der Waals surface area contributed by atoms with E-state index in [4.69, 9.17) is 9.15 Å². The molecule has 0 unspecified atom stereocenters. The van der Waals surface area contributed by atoms with Crippen LogP contribution in [-0.4, -0.2) is 31.0 Å². The van der Waals surface area contributed by atoms with Gasteiger partial charge in [0.1, 0.15) is 11.4 Å². The molecule has 6 heteroatoms. The minimum absolute atomic E-state index is 0.403. The van der Waals surface area contributed by atoms with Crippen molar-refractivity contribution >= 4 is 34.9 Å². The zero-order valence-electron chi connectivity index (χ0n) is 12.4. The van der Waals surface area contributed by atoms with E-state index < -0.39 is 11.7 Å². The Kier molecular flexibility index (Phi) is 7.29. The van der Waals surface area contributed by atoms with Crippen LogP contribution in [0.5, 0.6) is 0 Å². The predicted octanol–water partition coefficient (Wildman–Crippen LogP) is 3.36. The van der Waals surface area contributed by atoms with E-state index >= 15 is 0 Å². The number of nitrogens with zero attached hydrogens (tertiary/aromatic N) is 1. The second kappa shape index (κ2) is 8.72. The molecule has 0 fully saturated rings. The zero-order valence-corrected chi connectivity index (χ0v) is 14.6. The fourth-order valence-electron chi connectivity index (χ4n) is 1.37. The van der Waals surface area contributed by atoms with E-state index in [1.54, 1.807) is 12.3 Å². The van der Waals surface area contributed by atoms with Gasteiger partial charge in [-0.2, -0.15) is 0 Å². The molecule has 114 valence electrons. The Labute approximate surface area is 138 Å². The number of halogens is 1. The van der Waals surface area contributed by atoms with E-state index in [0.717, 1.165) is 6.42 Å². The van der Waals surface area contributed by atoms with Crippen molar-refractivity contribution in [3.8, 4) is 9.85 Å². The van der Waals surface area contributed by atoms with Crippen molar-refractivity contribution in [1.82, 2.24) is 5.32 Å². The zero-order chi connectivity index (χ0) is 15.7. The molecule has 1 heterocycles. The fraction of sp³-hybridized carbons (Fsp3) is 0.467. The summed E-state index contributed by atoms with van der Waals surface area (Å²) in [7, 11) is 0. The number of nitrogens with one attached hydrogen (secondary N) is 1. The number of hydrogen-bond donors (Lipinski definition) is 1. The van der Waals surface area contributed by atoms with Gasteiger partial charge in [0.2, 0.25) is 0 Å². The summed E-state index contributed by atoms with van der Waals surface area (Å²) in [6.07, 6.45) is 1.99. The number of aliphatic imine (C=N–C) groups is 1. The molecule has 0 radical (unpaired) electrons. The minimum atomic E-state index is -0.472. The van der Waals surface area contributed by atoms with Gasteiger partial charge < -0.3 is 14.5 Å². The Morgan fingerprint density at radius 2 is 2.29 bits per heavy atom. The Balaban J connectivity index is 2.19. The third-order valence-corrected chi connectivity index (χ3v) is 2.42. The molecule has 21 heavy (non-hydrogen) atoms. The summed E-state index contributed by atoms with van der Waals surface area (Å²) in [6.45, 7) is 6.62. The van der Waals surface area contributed by atoms with Gasteiger partial charge in [-0.25, -0.2) is 4.79 Å². The molecule has 0 aliphatic heterocycles. The lowest BCUT2D eigenvalue weighted by Gasteiger charge is -2.19. The predicted molar refractivity (Wildman–Crippen MR) is 90.9 cm³/mol. The third kappa shape index (κ3) is 8.40. The minimum Gasteiger partial charge on any atom is -0.447 e. The van der Waals surface area contributed by atoms with Crippen LogP contribution in [0.25, 0.3) is 0 Å². The lowest BCUT2D eigenvalue weighted by molar-refractivity contribution is 0.0527. The highest BCUT2D eigenvalue weighted by Gasteiger charge is 2.15. The molecular formula is C15H19IN2O3. The van der Waals surface area contributed by atoms with Crippen LogP contribution in [0, 0.1) is 9.85 Å². The highest BCUT2D eigenvalue weighted by Crippen LogP contribution is 2.06. The number of carbonyl (C=O) groups excluding carboxylic acids is 1. The number of hydrogen-bond acceptors (Lipinski definition) is 4. The lowest BCUT2D eigenvalue weighted by Crippen LogP contribution is -2.33. The molecular weight excluding hydrogens is 383 g/mol. The first-order valence-corrected chi connectivity index (χ1v) is 7.67. The summed E-state index contributed by atoms with van der Waals surface area (Å²) in [6, 6.07) is 3.62. The third-order valence-electron chi connectivity index (χ3n) is 2.15. The average molecular weight is 402 g/mol. The molecule has 0 atom stereocenters. The van der Waals surface area contributed by atoms with E-state index in [-0.39, 0.29) is 0 Å². The van der Waals surface area contributed by atoms with Crippen LogP contribution in [0.4, 0.5) is 4.79 Å². The van der Waals surface area contributed by atoms with Crippen molar-refractivity contribution < 1.29 is 13.9 Å². The second-order valence-electron chi connectivity index (χ2n) is 5.24. The number of furan rings is 1. The van der Waals surface area contributed by atoms with Crippen molar-refractivity contribution in [1.29, 1.82) is 0 Å². The van der Waals surface area contributed by atoms with Crippen LogP contribution < -0.4 is 5.32 Å². The number of carbonyl (C=O) groups is 1. The highest BCUT2D eigenvalue weighted by atomic mass is 127. The molecule has 0 aromatic carbocycles. The first-order chi connectivity index (χ1) is 9.90. The summed E-state index contributed by atoms with van der Waals surface area (Å²) in [5.74, 6) is 4.11. The largest absolute Gasteiger partial charge is 0.447 e. The monoisotopic (exact) mass is 402 g/mol. The van der Waals surface area contributed by atoms with E-state index in [1.807, 2.05) is 49.4 Å². The molecule has 0 saturated heterocycles. The van der Waals surface area contributed by atoms with Gasteiger partial charge in [0.05, 0.1) is 6.21 Å². The van der Waals surface area contributed by atoms with Gasteiger partial charge in [-0.05, 0) is 49.2 Å². The van der Waals surface area contributed by atoms with Gasteiger partial charge in [-0.3, -0.25) is 4.99 Å². The molecule has 1 amide bonds. The highest BCUT2D eigenvalue weighted by molar-refractivity contribution is 14.1. The van der Waals surface area contributed by atoms with Gasteiger partial charge in [-0.15, -0.1) is 0 Å². The molecule has 0 aliphatic rings. The normalized spacial score (nSPS) is 11.0. The van der Waals surface area contributed by atoms with E-state index in [0.29, 0.717) is 24.6 Å². The second-order valence-corrected chi connectivity index (χ2v) is 5.78. The van der Waals surface area contributed by atoms with Crippen LogP contribution in [0.3, 0.4) is 0 Å². The molecule has 1 rings (SSSR count). The summed E-state index contributed by atoms with van der Waals surface area (Å²) in [4.78, 5) is 15.6. The van der Waals surface area contributed by atoms with Gasteiger partial charge in [0.15, 0.2) is 5.76 Å². The number of amides is 1. The quantitative estimate of drug-likeness (QED) is 0.356. The van der Waals surface area contributed by atoms with Crippen LogP contribution >= 0.6 is 22.6 Å². The first-order valence-electron chi connectivity index (χ1n) is 6.59. The SMILES string of the molecule is CC(C)(C)OC(=O)NCCCN=Cc1ccc(C#CI)o1. The van der Waals surface area contributed by atoms with Crippen molar-refractivity contribution in [2.45, 2.75) is 32.8 Å².